The molecule has 0 aromatic rings. The molecule has 0 radical (unpaired) electrons. The van der Waals surface area contributed by atoms with Crippen LogP contribution in [0.5, 0.6) is 0 Å². The Hall–Kier alpha value is -0.290. The lowest BCUT2D eigenvalue weighted by Gasteiger charge is -2.33. The Labute approximate surface area is 68.0 Å². The summed E-state index contributed by atoms with van der Waals surface area (Å²) in [5.41, 5.74) is -4.10. The maximum Gasteiger partial charge on any atom is 0.417 e. The second kappa shape index (κ2) is 2.35. The zero-order valence-electron chi connectivity index (χ0n) is 6.65. The van der Waals surface area contributed by atoms with Gasteiger partial charge in [-0.15, -0.1) is 0 Å². The largest absolute Gasteiger partial charge is 0.417 e. The fourth-order valence-corrected chi connectivity index (χ4v) is 1.25. The molecule has 1 saturated carbocycles. The average Bonchev–Trinajstić information content (AvgIpc) is 2.64. The van der Waals surface area contributed by atoms with Gasteiger partial charge in [-0.3, -0.25) is 0 Å². The van der Waals surface area contributed by atoms with Crippen molar-refractivity contribution in [1.82, 2.24) is 0 Å². The van der Waals surface area contributed by atoms with E-state index in [1.807, 2.05) is 0 Å². The Balaban J connectivity index is 2.85. The van der Waals surface area contributed by atoms with Gasteiger partial charge in [0.15, 0.2) is 5.60 Å². The third kappa shape index (κ3) is 1.11. The number of hydrogen-bond donors (Lipinski definition) is 2. The molecule has 0 aliphatic heterocycles. The van der Waals surface area contributed by atoms with Crippen molar-refractivity contribution in [1.29, 1.82) is 0 Å². The Kier molecular flexibility index (Phi) is 1.92. The van der Waals surface area contributed by atoms with Crippen LogP contribution in [0.3, 0.4) is 0 Å². The van der Waals surface area contributed by atoms with Crippen molar-refractivity contribution in [3.8, 4) is 0 Å². The SMILES string of the molecule is CC(O)(C(F)(F)F)C1(CO)CC1. The Morgan fingerprint density at radius 2 is 1.75 bits per heavy atom. The molecule has 5 heteroatoms. The molecular weight excluding hydrogens is 173 g/mol. The monoisotopic (exact) mass is 184 g/mol. The molecule has 0 aromatic carbocycles. The number of hydrogen-bond acceptors (Lipinski definition) is 2. The van der Waals surface area contributed by atoms with Gasteiger partial charge in [-0.25, -0.2) is 0 Å². The first-order valence-electron chi connectivity index (χ1n) is 3.67. The predicted molar refractivity (Wildman–Crippen MR) is 35.4 cm³/mol. The molecule has 2 N–H and O–H groups in total. The molecule has 0 amide bonds. The Morgan fingerprint density at radius 3 is 1.83 bits per heavy atom. The van der Waals surface area contributed by atoms with Gasteiger partial charge in [0.05, 0.1) is 6.61 Å². The fraction of sp³-hybridized carbons (Fsp3) is 1.00. The lowest BCUT2D eigenvalue weighted by atomic mass is 9.86. The lowest BCUT2D eigenvalue weighted by molar-refractivity contribution is -0.281. The minimum absolute atomic E-state index is 0.232. The molecule has 1 unspecified atom stereocenters. The van der Waals surface area contributed by atoms with Gasteiger partial charge in [-0.2, -0.15) is 13.2 Å². The minimum Gasteiger partial charge on any atom is -0.396 e. The molecule has 2 nitrogen and oxygen atoms in total. The van der Waals surface area contributed by atoms with Crippen molar-refractivity contribution in [3.63, 3.8) is 0 Å². The second-order valence-corrected chi connectivity index (χ2v) is 3.51. The molecule has 0 bridgehead atoms. The molecule has 1 aliphatic rings. The van der Waals surface area contributed by atoms with Gasteiger partial charge < -0.3 is 10.2 Å². The predicted octanol–water partition coefficient (Wildman–Crippen LogP) is 1.07. The number of rotatable bonds is 2. The van der Waals surface area contributed by atoms with E-state index in [0.29, 0.717) is 0 Å². The summed E-state index contributed by atoms with van der Waals surface area (Å²) in [7, 11) is 0. The van der Waals surface area contributed by atoms with E-state index >= 15 is 0 Å². The van der Waals surface area contributed by atoms with E-state index in [1.54, 1.807) is 0 Å². The van der Waals surface area contributed by atoms with Crippen LogP contribution in [-0.4, -0.2) is 28.6 Å². The van der Waals surface area contributed by atoms with Crippen LogP contribution in [0.15, 0.2) is 0 Å². The molecule has 1 fully saturated rings. The standard InChI is InChI=1S/C7H11F3O2/c1-5(12,7(8,9)10)6(4-11)2-3-6/h11-12H,2-4H2,1H3. The van der Waals surface area contributed by atoms with E-state index in [9.17, 15) is 13.2 Å². The third-order valence-corrected chi connectivity index (χ3v) is 2.74. The first-order valence-corrected chi connectivity index (χ1v) is 3.67. The van der Waals surface area contributed by atoms with Crippen molar-refractivity contribution in [2.75, 3.05) is 6.61 Å². The van der Waals surface area contributed by atoms with Crippen molar-refractivity contribution in [2.24, 2.45) is 5.41 Å². The molecule has 1 aliphatic carbocycles. The van der Waals surface area contributed by atoms with E-state index in [0.717, 1.165) is 6.92 Å². The van der Waals surface area contributed by atoms with Gasteiger partial charge in [0.1, 0.15) is 0 Å². The summed E-state index contributed by atoms with van der Waals surface area (Å²) < 4.78 is 36.6. The summed E-state index contributed by atoms with van der Waals surface area (Å²) in [6.45, 7) is 0.107. The summed E-state index contributed by atoms with van der Waals surface area (Å²) in [4.78, 5) is 0. The molecular formula is C7H11F3O2. The summed E-state index contributed by atoms with van der Waals surface area (Å²) in [5, 5.41) is 17.9. The van der Waals surface area contributed by atoms with Crippen LogP contribution >= 0.6 is 0 Å². The zero-order chi connectivity index (χ0) is 9.62. The van der Waals surface area contributed by atoms with Crippen LogP contribution in [0.25, 0.3) is 0 Å². The lowest BCUT2D eigenvalue weighted by Crippen LogP contribution is -2.51. The first-order chi connectivity index (χ1) is 5.27. The molecule has 1 atom stereocenters. The Morgan fingerprint density at radius 1 is 1.33 bits per heavy atom. The van der Waals surface area contributed by atoms with Crippen LogP contribution in [0.2, 0.25) is 0 Å². The first kappa shape index (κ1) is 9.80. The number of halogens is 3. The highest BCUT2D eigenvalue weighted by Gasteiger charge is 2.67. The summed E-state index contributed by atoms with van der Waals surface area (Å²) in [6, 6.07) is 0. The molecule has 0 aromatic heterocycles. The van der Waals surface area contributed by atoms with Gasteiger partial charge in [0.25, 0.3) is 0 Å². The quantitative estimate of drug-likeness (QED) is 0.674. The van der Waals surface area contributed by atoms with E-state index in [4.69, 9.17) is 10.2 Å². The maximum atomic E-state index is 12.2. The minimum atomic E-state index is -4.66. The second-order valence-electron chi connectivity index (χ2n) is 3.51. The van der Waals surface area contributed by atoms with Crippen molar-refractivity contribution < 1.29 is 23.4 Å². The molecule has 0 saturated heterocycles. The van der Waals surface area contributed by atoms with Crippen LogP contribution in [0, 0.1) is 5.41 Å². The summed E-state index contributed by atoms with van der Waals surface area (Å²) in [5.74, 6) is 0. The fourth-order valence-electron chi connectivity index (χ4n) is 1.25. The topological polar surface area (TPSA) is 40.5 Å². The van der Waals surface area contributed by atoms with Crippen molar-refractivity contribution in [2.45, 2.75) is 31.5 Å². The van der Waals surface area contributed by atoms with Crippen LogP contribution < -0.4 is 0 Å². The van der Waals surface area contributed by atoms with Gasteiger partial charge in [0.2, 0.25) is 0 Å². The smallest absolute Gasteiger partial charge is 0.396 e. The highest BCUT2D eigenvalue weighted by molar-refractivity contribution is 5.09. The van der Waals surface area contributed by atoms with E-state index in [2.05, 4.69) is 0 Å². The summed E-state index contributed by atoms with van der Waals surface area (Å²) in [6.07, 6.45) is -4.20. The maximum absolute atomic E-state index is 12.2. The Bertz CT molecular complexity index is 182. The van der Waals surface area contributed by atoms with Crippen LogP contribution in [0.4, 0.5) is 13.2 Å². The molecule has 72 valence electrons. The van der Waals surface area contributed by atoms with E-state index in [1.165, 1.54) is 0 Å². The van der Waals surface area contributed by atoms with Gasteiger partial charge in [-0.1, -0.05) is 0 Å². The molecule has 0 spiro atoms. The van der Waals surface area contributed by atoms with E-state index < -0.39 is 23.8 Å². The summed E-state index contributed by atoms with van der Waals surface area (Å²) >= 11 is 0. The number of aliphatic hydroxyl groups is 2. The van der Waals surface area contributed by atoms with Gasteiger partial charge in [-0.05, 0) is 19.8 Å². The van der Waals surface area contributed by atoms with Crippen LogP contribution in [0.1, 0.15) is 19.8 Å². The zero-order valence-corrected chi connectivity index (χ0v) is 6.65. The third-order valence-electron chi connectivity index (χ3n) is 2.74. The van der Waals surface area contributed by atoms with E-state index in [-0.39, 0.29) is 12.8 Å². The highest BCUT2D eigenvalue weighted by atomic mass is 19.4. The van der Waals surface area contributed by atoms with Gasteiger partial charge in [0, 0.05) is 5.41 Å². The average molecular weight is 184 g/mol. The number of aliphatic hydroxyl groups excluding tert-OH is 1. The van der Waals surface area contributed by atoms with Crippen molar-refractivity contribution in [3.05, 3.63) is 0 Å². The molecule has 12 heavy (non-hydrogen) atoms. The van der Waals surface area contributed by atoms with Crippen molar-refractivity contribution >= 4 is 0 Å². The normalized spacial score (nSPS) is 26.5. The van der Waals surface area contributed by atoms with Crippen LogP contribution in [-0.2, 0) is 0 Å². The molecule has 0 heterocycles. The highest BCUT2D eigenvalue weighted by Crippen LogP contribution is 2.58. The molecule has 1 rings (SSSR count). The number of alkyl halides is 3. The van der Waals surface area contributed by atoms with Gasteiger partial charge >= 0.3 is 6.18 Å².